The first kappa shape index (κ1) is 9.36. The zero-order valence-electron chi connectivity index (χ0n) is 7.64. The van der Waals surface area contributed by atoms with Crippen LogP contribution in [0, 0.1) is 0 Å². The average molecular weight is 173 g/mol. The summed E-state index contributed by atoms with van der Waals surface area (Å²) in [4.78, 5) is 10.9. The monoisotopic (exact) mass is 173 g/mol. The highest BCUT2D eigenvalue weighted by molar-refractivity contribution is 5.67. The van der Waals surface area contributed by atoms with Gasteiger partial charge in [0, 0.05) is 7.47 Å². The van der Waals surface area contributed by atoms with Crippen molar-refractivity contribution in [3.05, 3.63) is 0 Å². The van der Waals surface area contributed by atoms with Crippen LogP contribution in [0.15, 0.2) is 0 Å². The molecular weight excluding hydrogens is 154 g/mol. The molecular formula is C9H19NO2. The molecule has 0 aromatic rings. The lowest BCUT2D eigenvalue weighted by molar-refractivity contribution is 0.165. The fourth-order valence-electron chi connectivity index (χ4n) is 1.65. The number of carbonyl (C=O) groups is 1. The maximum Gasteiger partial charge on any atom is 0.407 e. The minimum Gasteiger partial charge on any atom is -0.453 e. The van der Waals surface area contributed by atoms with E-state index in [1.165, 1.54) is 32.8 Å². The third kappa shape index (κ3) is 3.11. The molecule has 0 spiro atoms. The maximum atomic E-state index is 10.9. The van der Waals surface area contributed by atoms with Crippen LogP contribution in [0.5, 0.6) is 0 Å². The number of hydrogen-bond acceptors (Lipinski definition) is 2. The van der Waals surface area contributed by atoms with Crippen LogP contribution in [0.4, 0.5) is 4.79 Å². The largest absolute Gasteiger partial charge is 0.453 e. The molecule has 0 aliphatic heterocycles. The number of alkyl carbamates (subject to hydrolysis) is 1. The molecule has 1 fully saturated rings. The van der Waals surface area contributed by atoms with Crippen molar-refractivity contribution in [2.75, 3.05) is 7.11 Å². The van der Waals surface area contributed by atoms with E-state index < -0.39 is 0 Å². The third-order valence-electron chi connectivity index (χ3n) is 2.36. The molecule has 12 heavy (non-hydrogen) atoms. The molecule has 1 aliphatic rings. The maximum absolute atomic E-state index is 10.9. The lowest BCUT2D eigenvalue weighted by Crippen LogP contribution is -2.34. The number of nitrogens with one attached hydrogen (secondary N) is 1. The molecule has 0 atom stereocenters. The molecule has 3 heteroatoms. The van der Waals surface area contributed by atoms with Crippen LogP contribution in [-0.4, -0.2) is 19.2 Å². The van der Waals surface area contributed by atoms with Crippen molar-refractivity contribution < 1.29 is 11.0 Å². The Labute approximate surface area is 75.0 Å². The van der Waals surface area contributed by atoms with Gasteiger partial charge in [0.15, 0.2) is 0 Å². The van der Waals surface area contributed by atoms with E-state index in [-0.39, 0.29) is 7.52 Å². The van der Waals surface area contributed by atoms with E-state index in [1.807, 2.05) is 0 Å². The summed E-state index contributed by atoms with van der Waals surface area (Å²) in [6.45, 7) is 0. The zero-order chi connectivity index (χ0) is 8.81. The van der Waals surface area contributed by atoms with Crippen LogP contribution in [0.1, 0.15) is 40.0 Å². The topological polar surface area (TPSA) is 38.3 Å². The van der Waals surface area contributed by atoms with Crippen LogP contribution in [0.25, 0.3) is 0 Å². The van der Waals surface area contributed by atoms with Crippen molar-refractivity contribution in [2.24, 2.45) is 0 Å². The van der Waals surface area contributed by atoms with Crippen LogP contribution in [0.3, 0.4) is 0 Å². The van der Waals surface area contributed by atoms with Gasteiger partial charge in [-0.1, -0.05) is 25.7 Å². The van der Waals surface area contributed by atoms with Crippen LogP contribution in [0.2, 0.25) is 0 Å². The molecule has 0 saturated heterocycles. The Morgan fingerprint density at radius 2 is 1.92 bits per heavy atom. The lowest BCUT2D eigenvalue weighted by Gasteiger charge is -2.14. The molecule has 0 unspecified atom stereocenters. The lowest BCUT2D eigenvalue weighted by atomic mass is 10.1. The highest BCUT2D eigenvalue weighted by atomic mass is 16.5. The fourth-order valence-corrected chi connectivity index (χ4v) is 1.65. The Hall–Kier alpha value is -0.730. The minimum atomic E-state index is -0.290. The fraction of sp³-hybridized carbons (Fsp3) is 0.889. The summed E-state index contributed by atoms with van der Waals surface area (Å²) in [6.07, 6.45) is 6.99. The van der Waals surface area contributed by atoms with Crippen molar-refractivity contribution in [1.82, 2.24) is 5.32 Å². The number of hydrogen-bond donors (Lipinski definition) is 1. The Kier molecular flexibility index (Phi) is 3.91. The summed E-state index contributed by atoms with van der Waals surface area (Å²) < 4.78 is 4.54. The summed E-state index contributed by atoms with van der Waals surface area (Å²) in [5, 5.41) is 2.85. The van der Waals surface area contributed by atoms with Gasteiger partial charge in [0.2, 0.25) is 0 Å². The first-order valence-electron chi connectivity index (χ1n) is 4.67. The molecule has 0 radical (unpaired) electrons. The van der Waals surface area contributed by atoms with Crippen LogP contribution < -0.4 is 5.32 Å². The average Bonchev–Trinajstić information content (AvgIpc) is 2.33. The second-order valence-electron chi connectivity index (χ2n) is 3.32. The molecule has 1 saturated carbocycles. The van der Waals surface area contributed by atoms with E-state index in [1.54, 1.807) is 0 Å². The van der Waals surface area contributed by atoms with Crippen molar-refractivity contribution in [3.63, 3.8) is 0 Å². The minimum absolute atomic E-state index is 0. The molecule has 0 aromatic heterocycles. The third-order valence-corrected chi connectivity index (χ3v) is 2.36. The summed E-state index contributed by atoms with van der Waals surface area (Å²) in [6, 6.07) is 0.347. The summed E-state index contributed by atoms with van der Waals surface area (Å²) in [5.41, 5.74) is 0. The number of carbonyl (C=O) groups excluding carboxylic acids is 1. The Bertz CT molecular complexity index is 145. The van der Waals surface area contributed by atoms with Crippen LogP contribution in [-0.2, 0) is 4.74 Å². The van der Waals surface area contributed by atoms with Gasteiger partial charge < -0.3 is 10.1 Å². The summed E-state index contributed by atoms with van der Waals surface area (Å²) >= 11 is 0. The van der Waals surface area contributed by atoms with Crippen molar-refractivity contribution >= 4 is 6.09 Å². The van der Waals surface area contributed by atoms with Crippen molar-refractivity contribution in [1.29, 1.82) is 0 Å². The van der Waals surface area contributed by atoms with E-state index in [2.05, 4.69) is 10.1 Å². The van der Waals surface area contributed by atoms with Gasteiger partial charge in [0.1, 0.15) is 0 Å². The van der Waals surface area contributed by atoms with Crippen molar-refractivity contribution in [2.45, 2.75) is 44.6 Å². The Balaban J connectivity index is 0.00000144. The van der Waals surface area contributed by atoms with Gasteiger partial charge in [0.25, 0.3) is 0 Å². The van der Waals surface area contributed by atoms with E-state index in [4.69, 9.17) is 0 Å². The number of rotatable bonds is 1. The summed E-state index contributed by atoms with van der Waals surface area (Å²) in [5.74, 6) is 0. The van der Waals surface area contributed by atoms with Gasteiger partial charge in [-0.15, -0.1) is 0 Å². The molecule has 1 amide bonds. The second-order valence-corrected chi connectivity index (χ2v) is 3.32. The summed E-state index contributed by atoms with van der Waals surface area (Å²) in [7, 11) is 1.41. The SMILES string of the molecule is COC(=O)NC1CCCCCC1.[HH]. The number of methoxy groups -OCH3 is 1. The first-order chi connectivity index (χ1) is 5.83. The second kappa shape index (κ2) is 5.01. The van der Waals surface area contributed by atoms with E-state index in [0.29, 0.717) is 6.04 Å². The number of ether oxygens (including phenoxy) is 1. The Morgan fingerprint density at radius 1 is 1.33 bits per heavy atom. The van der Waals surface area contributed by atoms with Crippen molar-refractivity contribution in [3.8, 4) is 0 Å². The molecule has 0 heterocycles. The van der Waals surface area contributed by atoms with Gasteiger partial charge in [-0.3, -0.25) is 0 Å². The van der Waals surface area contributed by atoms with E-state index >= 15 is 0 Å². The smallest absolute Gasteiger partial charge is 0.407 e. The predicted molar refractivity (Wildman–Crippen MR) is 49.1 cm³/mol. The molecule has 0 aromatic carbocycles. The molecule has 1 rings (SSSR count). The zero-order valence-corrected chi connectivity index (χ0v) is 7.64. The van der Waals surface area contributed by atoms with Gasteiger partial charge in [-0.25, -0.2) is 4.79 Å². The normalized spacial score (nSPS) is 19.8. The van der Waals surface area contributed by atoms with Crippen LogP contribution >= 0.6 is 0 Å². The van der Waals surface area contributed by atoms with E-state index in [9.17, 15) is 4.79 Å². The quantitative estimate of drug-likeness (QED) is 0.618. The van der Waals surface area contributed by atoms with Gasteiger partial charge in [0.05, 0.1) is 7.11 Å². The van der Waals surface area contributed by atoms with Gasteiger partial charge in [-0.2, -0.15) is 0 Å². The van der Waals surface area contributed by atoms with E-state index in [0.717, 1.165) is 12.8 Å². The van der Waals surface area contributed by atoms with Gasteiger partial charge >= 0.3 is 6.09 Å². The molecule has 1 aliphatic carbocycles. The molecule has 72 valence electrons. The number of amides is 1. The first-order valence-corrected chi connectivity index (χ1v) is 4.67. The molecule has 0 bridgehead atoms. The molecule has 1 N–H and O–H groups in total. The Morgan fingerprint density at radius 3 is 2.42 bits per heavy atom. The highest BCUT2D eigenvalue weighted by Crippen LogP contribution is 2.16. The highest BCUT2D eigenvalue weighted by Gasteiger charge is 2.13. The predicted octanol–water partition coefficient (Wildman–Crippen LogP) is 2.31. The van der Waals surface area contributed by atoms with Gasteiger partial charge in [-0.05, 0) is 12.8 Å². The standard InChI is InChI=1S/C9H17NO2.H2/c1-12-9(11)10-8-6-4-2-3-5-7-8;/h8H,2-7H2,1H3,(H,10,11);1H. The molecule has 3 nitrogen and oxygen atoms in total.